The van der Waals surface area contributed by atoms with Gasteiger partial charge in [-0.1, -0.05) is 0 Å². The number of nitrogens with one attached hydrogen (secondary N) is 1. The van der Waals surface area contributed by atoms with Crippen molar-refractivity contribution in [1.29, 1.82) is 0 Å². The smallest absolute Gasteiger partial charge is 0.0954 e. The maximum absolute atomic E-state index is 8.60. The number of rotatable bonds is 7. The lowest BCUT2D eigenvalue weighted by Crippen LogP contribution is -2.08. The highest BCUT2D eigenvalue weighted by molar-refractivity contribution is 9.10. The second-order valence-electron chi connectivity index (χ2n) is 4.37. The highest BCUT2D eigenvalue weighted by atomic mass is 79.9. The van der Waals surface area contributed by atoms with Crippen LogP contribution in [0.3, 0.4) is 0 Å². The molecule has 0 bridgehead atoms. The normalized spacial score (nSPS) is 10.9. The van der Waals surface area contributed by atoms with Gasteiger partial charge in [0.15, 0.2) is 0 Å². The number of pyridine rings is 1. The van der Waals surface area contributed by atoms with Crippen LogP contribution in [0.4, 0.5) is 11.4 Å². The van der Waals surface area contributed by atoms with Gasteiger partial charge in [-0.2, -0.15) is 0 Å². The van der Waals surface area contributed by atoms with Gasteiger partial charge in [-0.25, -0.2) is 0 Å². The zero-order chi connectivity index (χ0) is 14.4. The van der Waals surface area contributed by atoms with Gasteiger partial charge in [-0.05, 0) is 40.5 Å². The van der Waals surface area contributed by atoms with Crippen LogP contribution >= 0.6 is 15.9 Å². The molecule has 6 heteroatoms. The second-order valence-corrected chi connectivity index (χ2v) is 5.28. The Kier molecular flexibility index (Phi) is 5.58. The standard InChI is InChI=1S/C14H18BrN3O2/c15-10-8-11-12(16)2-3-13(14(11)18-9-10)17-4-1-6-20-7-5-19/h2-3,8-9,17,19H,1,4-7,16H2. The first-order chi connectivity index (χ1) is 9.72. The Morgan fingerprint density at radius 3 is 3.00 bits per heavy atom. The Morgan fingerprint density at radius 1 is 1.35 bits per heavy atom. The molecule has 0 amide bonds. The molecule has 5 nitrogen and oxygen atoms in total. The predicted molar refractivity (Wildman–Crippen MR) is 84.9 cm³/mol. The van der Waals surface area contributed by atoms with Crippen molar-refractivity contribution >= 4 is 38.2 Å². The Bertz CT molecular complexity index is 578. The van der Waals surface area contributed by atoms with Crippen LogP contribution in [0.2, 0.25) is 0 Å². The number of anilines is 2. The Hall–Kier alpha value is -1.37. The molecule has 1 heterocycles. The number of ether oxygens (including phenoxy) is 1. The third-order valence-corrected chi connectivity index (χ3v) is 3.30. The third kappa shape index (κ3) is 3.82. The zero-order valence-corrected chi connectivity index (χ0v) is 12.7. The minimum absolute atomic E-state index is 0.0643. The van der Waals surface area contributed by atoms with E-state index in [1.807, 2.05) is 18.2 Å². The summed E-state index contributed by atoms with van der Waals surface area (Å²) in [5.41, 5.74) is 8.51. The molecule has 20 heavy (non-hydrogen) atoms. The molecule has 2 rings (SSSR count). The zero-order valence-electron chi connectivity index (χ0n) is 11.1. The monoisotopic (exact) mass is 339 g/mol. The molecule has 1 aromatic heterocycles. The van der Waals surface area contributed by atoms with E-state index in [2.05, 4.69) is 26.2 Å². The highest BCUT2D eigenvalue weighted by Crippen LogP contribution is 2.28. The lowest BCUT2D eigenvalue weighted by molar-refractivity contribution is 0.0922. The van der Waals surface area contributed by atoms with E-state index in [-0.39, 0.29) is 6.61 Å². The van der Waals surface area contributed by atoms with Crippen LogP contribution in [0.1, 0.15) is 6.42 Å². The average molecular weight is 340 g/mol. The van der Waals surface area contributed by atoms with Crippen LogP contribution in [0.15, 0.2) is 28.9 Å². The van der Waals surface area contributed by atoms with Crippen LogP contribution in [0, 0.1) is 0 Å². The molecular weight excluding hydrogens is 322 g/mol. The molecule has 0 aliphatic rings. The van der Waals surface area contributed by atoms with Crippen molar-refractivity contribution < 1.29 is 9.84 Å². The maximum Gasteiger partial charge on any atom is 0.0954 e. The van der Waals surface area contributed by atoms with Crippen molar-refractivity contribution in [3.8, 4) is 0 Å². The summed E-state index contributed by atoms with van der Waals surface area (Å²) in [6, 6.07) is 5.78. The number of nitrogen functional groups attached to an aromatic ring is 1. The van der Waals surface area contributed by atoms with E-state index in [0.29, 0.717) is 18.9 Å². The summed E-state index contributed by atoms with van der Waals surface area (Å²) < 4.78 is 6.12. The third-order valence-electron chi connectivity index (χ3n) is 2.87. The van der Waals surface area contributed by atoms with E-state index in [0.717, 1.165) is 34.0 Å². The van der Waals surface area contributed by atoms with E-state index >= 15 is 0 Å². The van der Waals surface area contributed by atoms with Crippen LogP contribution in [-0.2, 0) is 4.74 Å². The Labute approximate surface area is 126 Å². The van der Waals surface area contributed by atoms with Gasteiger partial charge in [-0.15, -0.1) is 0 Å². The lowest BCUT2D eigenvalue weighted by atomic mass is 10.1. The fraction of sp³-hybridized carbons (Fsp3) is 0.357. The molecule has 0 saturated heterocycles. The fourth-order valence-corrected chi connectivity index (χ4v) is 2.25. The van der Waals surface area contributed by atoms with Crippen LogP contribution in [-0.4, -0.2) is 36.5 Å². The van der Waals surface area contributed by atoms with Crippen molar-refractivity contribution in [3.05, 3.63) is 28.9 Å². The van der Waals surface area contributed by atoms with Gasteiger partial charge in [0.25, 0.3) is 0 Å². The van der Waals surface area contributed by atoms with E-state index in [1.165, 1.54) is 0 Å². The van der Waals surface area contributed by atoms with Crippen LogP contribution in [0.5, 0.6) is 0 Å². The minimum Gasteiger partial charge on any atom is -0.398 e. The van der Waals surface area contributed by atoms with Crippen molar-refractivity contribution in [3.63, 3.8) is 0 Å². The Balaban J connectivity index is 2.02. The molecule has 0 aliphatic carbocycles. The van der Waals surface area contributed by atoms with Gasteiger partial charge in [0.05, 0.1) is 24.4 Å². The van der Waals surface area contributed by atoms with Gasteiger partial charge in [0.1, 0.15) is 0 Å². The van der Waals surface area contributed by atoms with Gasteiger partial charge in [-0.3, -0.25) is 4.98 Å². The minimum atomic E-state index is 0.0643. The molecule has 0 atom stereocenters. The predicted octanol–water partition coefficient (Wildman–Crippen LogP) is 2.39. The van der Waals surface area contributed by atoms with Crippen LogP contribution in [0.25, 0.3) is 10.9 Å². The molecule has 0 fully saturated rings. The summed E-state index contributed by atoms with van der Waals surface area (Å²) in [5.74, 6) is 0. The van der Waals surface area contributed by atoms with E-state index in [9.17, 15) is 0 Å². The van der Waals surface area contributed by atoms with Gasteiger partial charge in [0.2, 0.25) is 0 Å². The molecule has 0 unspecified atom stereocenters. The number of hydrogen-bond acceptors (Lipinski definition) is 5. The first-order valence-electron chi connectivity index (χ1n) is 6.48. The lowest BCUT2D eigenvalue weighted by Gasteiger charge is -2.11. The van der Waals surface area contributed by atoms with Gasteiger partial charge < -0.3 is 20.9 Å². The van der Waals surface area contributed by atoms with Gasteiger partial charge in [0, 0.05) is 34.9 Å². The average Bonchev–Trinajstić information content (AvgIpc) is 2.45. The largest absolute Gasteiger partial charge is 0.398 e. The van der Waals surface area contributed by atoms with E-state index in [4.69, 9.17) is 15.6 Å². The molecule has 4 N–H and O–H groups in total. The molecule has 0 aliphatic heterocycles. The van der Waals surface area contributed by atoms with E-state index in [1.54, 1.807) is 6.20 Å². The maximum atomic E-state index is 8.60. The number of aliphatic hydroxyl groups excluding tert-OH is 1. The number of nitrogens with zero attached hydrogens (tertiary/aromatic N) is 1. The number of nitrogens with two attached hydrogens (primary N) is 1. The molecule has 108 valence electrons. The number of fused-ring (bicyclic) bond motifs is 1. The molecule has 1 aromatic carbocycles. The molecular formula is C14H18BrN3O2. The van der Waals surface area contributed by atoms with Gasteiger partial charge >= 0.3 is 0 Å². The van der Waals surface area contributed by atoms with Crippen LogP contribution < -0.4 is 11.1 Å². The Morgan fingerprint density at radius 2 is 2.20 bits per heavy atom. The number of halogens is 1. The highest BCUT2D eigenvalue weighted by Gasteiger charge is 2.05. The van der Waals surface area contributed by atoms with E-state index < -0.39 is 0 Å². The summed E-state index contributed by atoms with van der Waals surface area (Å²) in [6.45, 7) is 1.86. The van der Waals surface area contributed by atoms with Crippen molar-refractivity contribution in [1.82, 2.24) is 4.98 Å². The summed E-state index contributed by atoms with van der Waals surface area (Å²) in [5, 5.41) is 12.9. The second kappa shape index (κ2) is 7.42. The number of hydrogen-bond donors (Lipinski definition) is 3. The molecule has 0 spiro atoms. The summed E-state index contributed by atoms with van der Waals surface area (Å²) in [4.78, 5) is 4.42. The summed E-state index contributed by atoms with van der Waals surface area (Å²) in [7, 11) is 0. The number of benzene rings is 1. The van der Waals surface area contributed by atoms with Crippen molar-refractivity contribution in [2.24, 2.45) is 0 Å². The molecule has 0 radical (unpaired) electrons. The molecule has 0 saturated carbocycles. The summed E-state index contributed by atoms with van der Waals surface area (Å²) >= 11 is 3.40. The molecule has 2 aromatic rings. The topological polar surface area (TPSA) is 80.4 Å². The first-order valence-corrected chi connectivity index (χ1v) is 7.28. The SMILES string of the molecule is Nc1ccc(NCCCOCCO)c2ncc(Br)cc12. The number of aromatic nitrogens is 1. The van der Waals surface area contributed by atoms with Crippen molar-refractivity contribution in [2.75, 3.05) is 37.4 Å². The number of aliphatic hydroxyl groups is 1. The summed E-state index contributed by atoms with van der Waals surface area (Å²) in [6.07, 6.45) is 2.62. The van der Waals surface area contributed by atoms with Crippen molar-refractivity contribution in [2.45, 2.75) is 6.42 Å². The fourth-order valence-electron chi connectivity index (χ4n) is 1.92. The first kappa shape index (κ1) is 15.0. The quantitative estimate of drug-likeness (QED) is 0.533.